The zero-order chi connectivity index (χ0) is 10.1. The van der Waals surface area contributed by atoms with Gasteiger partial charge in [-0.1, -0.05) is 15.9 Å². The average Bonchev–Trinajstić information content (AvgIpc) is 2.74. The lowest BCUT2D eigenvalue weighted by atomic mass is 10.2. The highest BCUT2D eigenvalue weighted by molar-refractivity contribution is 9.09. The molecule has 0 aromatic carbocycles. The molecule has 2 nitrogen and oxygen atoms in total. The third kappa shape index (κ3) is 1.96. The number of thiazole rings is 1. The maximum absolute atomic E-state index is 4.59. The monoisotopic (exact) mass is 274 g/mol. The Morgan fingerprint density at radius 1 is 1.57 bits per heavy atom. The van der Waals surface area contributed by atoms with Crippen LogP contribution in [0, 0.1) is 19.8 Å². The minimum atomic E-state index is 0.805. The molecule has 1 aromatic heterocycles. The van der Waals surface area contributed by atoms with Gasteiger partial charge in [0.15, 0.2) is 5.13 Å². The van der Waals surface area contributed by atoms with Gasteiger partial charge in [-0.3, -0.25) is 0 Å². The zero-order valence-electron chi connectivity index (χ0n) is 8.59. The SMILES string of the molecule is Cc1nc(N2CCC(CBr)C2)sc1C. The second-order valence-electron chi connectivity index (χ2n) is 3.89. The van der Waals surface area contributed by atoms with Gasteiger partial charge in [-0.05, 0) is 26.2 Å². The van der Waals surface area contributed by atoms with Gasteiger partial charge in [0.05, 0.1) is 5.69 Å². The summed E-state index contributed by atoms with van der Waals surface area (Å²) in [4.78, 5) is 8.35. The Hall–Kier alpha value is -0.0900. The van der Waals surface area contributed by atoms with Crippen molar-refractivity contribution in [2.45, 2.75) is 20.3 Å². The molecule has 1 aromatic rings. The summed E-state index contributed by atoms with van der Waals surface area (Å²) in [5.41, 5.74) is 1.19. The lowest BCUT2D eigenvalue weighted by Crippen LogP contribution is -2.19. The van der Waals surface area contributed by atoms with Crippen LogP contribution in [0.1, 0.15) is 17.0 Å². The Bertz CT molecular complexity index is 304. The van der Waals surface area contributed by atoms with E-state index in [0.29, 0.717) is 0 Å². The molecular formula is C10H15BrN2S. The summed E-state index contributed by atoms with van der Waals surface area (Å²) >= 11 is 5.38. The minimum Gasteiger partial charge on any atom is -0.348 e. The van der Waals surface area contributed by atoms with Crippen LogP contribution in [-0.4, -0.2) is 23.4 Å². The highest BCUT2D eigenvalue weighted by atomic mass is 79.9. The molecule has 2 heterocycles. The van der Waals surface area contributed by atoms with Gasteiger partial charge in [0.2, 0.25) is 0 Å². The van der Waals surface area contributed by atoms with Crippen molar-refractivity contribution in [3.05, 3.63) is 10.6 Å². The molecule has 4 heteroatoms. The third-order valence-corrected chi connectivity index (χ3v) is 4.84. The fourth-order valence-corrected chi connectivity index (χ4v) is 3.20. The van der Waals surface area contributed by atoms with Crippen molar-refractivity contribution in [3.63, 3.8) is 0 Å². The molecule has 1 unspecified atom stereocenters. The summed E-state index contributed by atoms with van der Waals surface area (Å²) in [6, 6.07) is 0. The number of anilines is 1. The molecule has 0 saturated carbocycles. The van der Waals surface area contributed by atoms with Crippen molar-refractivity contribution in [2.24, 2.45) is 5.92 Å². The zero-order valence-corrected chi connectivity index (χ0v) is 11.0. The topological polar surface area (TPSA) is 16.1 Å². The van der Waals surface area contributed by atoms with Crippen LogP contribution in [-0.2, 0) is 0 Å². The van der Waals surface area contributed by atoms with Gasteiger partial charge in [0.25, 0.3) is 0 Å². The Labute approximate surface area is 97.5 Å². The minimum absolute atomic E-state index is 0.805. The maximum Gasteiger partial charge on any atom is 0.185 e. The fourth-order valence-electron chi connectivity index (χ4n) is 1.72. The van der Waals surface area contributed by atoms with Crippen LogP contribution >= 0.6 is 27.3 Å². The molecule has 0 aliphatic carbocycles. The molecule has 0 N–H and O–H groups in total. The van der Waals surface area contributed by atoms with E-state index in [1.807, 2.05) is 11.3 Å². The first-order valence-electron chi connectivity index (χ1n) is 4.95. The molecule has 1 aliphatic rings. The van der Waals surface area contributed by atoms with Crippen molar-refractivity contribution in [3.8, 4) is 0 Å². The number of hydrogen-bond donors (Lipinski definition) is 0. The standard InChI is InChI=1S/C10H15BrN2S/c1-7-8(2)14-10(12-7)13-4-3-9(5-11)6-13/h9H,3-6H2,1-2H3. The lowest BCUT2D eigenvalue weighted by Gasteiger charge is -2.13. The second kappa shape index (κ2) is 4.19. The fraction of sp³-hybridized carbons (Fsp3) is 0.700. The number of alkyl halides is 1. The van der Waals surface area contributed by atoms with E-state index in [9.17, 15) is 0 Å². The smallest absolute Gasteiger partial charge is 0.185 e. The van der Waals surface area contributed by atoms with Crippen LogP contribution in [0.25, 0.3) is 0 Å². The third-order valence-electron chi connectivity index (χ3n) is 2.79. The van der Waals surface area contributed by atoms with E-state index in [4.69, 9.17) is 0 Å². The maximum atomic E-state index is 4.59. The molecule has 0 bridgehead atoms. The van der Waals surface area contributed by atoms with Gasteiger partial charge in [0, 0.05) is 23.3 Å². The molecule has 0 spiro atoms. The van der Waals surface area contributed by atoms with Crippen LogP contribution in [0.5, 0.6) is 0 Å². The number of aryl methyl sites for hydroxylation is 2. The molecule has 2 rings (SSSR count). The Kier molecular flexibility index (Phi) is 3.12. The van der Waals surface area contributed by atoms with Gasteiger partial charge in [-0.25, -0.2) is 4.98 Å². The summed E-state index contributed by atoms with van der Waals surface area (Å²) in [7, 11) is 0. The Balaban J connectivity index is 2.09. The van der Waals surface area contributed by atoms with Gasteiger partial charge < -0.3 is 4.90 Å². The van der Waals surface area contributed by atoms with Gasteiger partial charge in [0.1, 0.15) is 0 Å². The average molecular weight is 275 g/mol. The number of hydrogen-bond acceptors (Lipinski definition) is 3. The molecule has 1 saturated heterocycles. The summed E-state index contributed by atoms with van der Waals surface area (Å²) in [6.45, 7) is 6.57. The van der Waals surface area contributed by atoms with Crippen LogP contribution in [0.4, 0.5) is 5.13 Å². The summed E-state index contributed by atoms with van der Waals surface area (Å²) in [6.07, 6.45) is 1.29. The number of halogens is 1. The summed E-state index contributed by atoms with van der Waals surface area (Å²) in [5.74, 6) is 0.805. The van der Waals surface area contributed by atoms with Crippen LogP contribution in [0.15, 0.2) is 0 Å². The van der Waals surface area contributed by atoms with Gasteiger partial charge >= 0.3 is 0 Å². The second-order valence-corrected chi connectivity index (χ2v) is 5.72. The molecule has 78 valence electrons. The van der Waals surface area contributed by atoms with Crippen molar-refractivity contribution in [1.82, 2.24) is 4.98 Å². The van der Waals surface area contributed by atoms with E-state index in [2.05, 4.69) is 39.7 Å². The summed E-state index contributed by atoms with van der Waals surface area (Å²) in [5, 5.41) is 2.33. The number of rotatable bonds is 2. The Morgan fingerprint density at radius 3 is 2.86 bits per heavy atom. The molecular weight excluding hydrogens is 260 g/mol. The largest absolute Gasteiger partial charge is 0.348 e. The van der Waals surface area contributed by atoms with Crippen LogP contribution in [0.2, 0.25) is 0 Å². The predicted octanol–water partition coefficient (Wildman–Crippen LogP) is 2.98. The molecule has 0 amide bonds. The number of aromatic nitrogens is 1. The van der Waals surface area contributed by atoms with Gasteiger partial charge in [-0.15, -0.1) is 11.3 Å². The highest BCUT2D eigenvalue weighted by Crippen LogP contribution is 2.30. The highest BCUT2D eigenvalue weighted by Gasteiger charge is 2.23. The molecule has 1 atom stereocenters. The first-order valence-corrected chi connectivity index (χ1v) is 6.89. The summed E-state index contributed by atoms with van der Waals surface area (Å²) < 4.78 is 0. The normalized spacial score (nSPS) is 21.9. The van der Waals surface area contributed by atoms with E-state index in [1.165, 1.54) is 28.7 Å². The van der Waals surface area contributed by atoms with Crippen molar-refractivity contribution in [2.75, 3.05) is 23.3 Å². The van der Waals surface area contributed by atoms with E-state index >= 15 is 0 Å². The molecule has 1 aliphatic heterocycles. The first-order chi connectivity index (χ1) is 6.70. The van der Waals surface area contributed by atoms with Crippen LogP contribution < -0.4 is 4.90 Å². The predicted molar refractivity (Wildman–Crippen MR) is 65.7 cm³/mol. The van der Waals surface area contributed by atoms with E-state index in [0.717, 1.165) is 17.8 Å². The van der Waals surface area contributed by atoms with Crippen molar-refractivity contribution < 1.29 is 0 Å². The van der Waals surface area contributed by atoms with E-state index in [-0.39, 0.29) is 0 Å². The quantitative estimate of drug-likeness (QED) is 0.771. The first kappa shape index (κ1) is 10.4. The number of nitrogens with zero attached hydrogens (tertiary/aromatic N) is 2. The van der Waals surface area contributed by atoms with Gasteiger partial charge in [-0.2, -0.15) is 0 Å². The van der Waals surface area contributed by atoms with Crippen molar-refractivity contribution in [1.29, 1.82) is 0 Å². The Morgan fingerprint density at radius 2 is 2.36 bits per heavy atom. The van der Waals surface area contributed by atoms with Crippen LogP contribution in [0.3, 0.4) is 0 Å². The van der Waals surface area contributed by atoms with E-state index < -0.39 is 0 Å². The molecule has 0 radical (unpaired) electrons. The molecule has 1 fully saturated rings. The lowest BCUT2D eigenvalue weighted by molar-refractivity contribution is 0.676. The van der Waals surface area contributed by atoms with E-state index in [1.54, 1.807) is 0 Å². The van der Waals surface area contributed by atoms with Crippen molar-refractivity contribution >= 4 is 32.4 Å². The molecule has 14 heavy (non-hydrogen) atoms.